The largest absolute Gasteiger partial charge is 0.367 e. The van der Waals surface area contributed by atoms with Crippen LogP contribution in [-0.4, -0.2) is 28.5 Å². The summed E-state index contributed by atoms with van der Waals surface area (Å²) < 4.78 is 0. The zero-order valence-corrected chi connectivity index (χ0v) is 5.26. The Morgan fingerprint density at radius 3 is 3.18 bits per heavy atom. The van der Waals surface area contributed by atoms with Gasteiger partial charge in [0.05, 0.1) is 6.21 Å². The van der Waals surface area contributed by atoms with Crippen molar-refractivity contribution in [1.29, 1.82) is 0 Å². The summed E-state index contributed by atoms with van der Waals surface area (Å²) in [4.78, 5) is 13.2. The normalized spacial score (nSPS) is 21.9. The van der Waals surface area contributed by atoms with E-state index >= 15 is 0 Å². The number of rotatable bonds is 1. The van der Waals surface area contributed by atoms with Crippen LogP contribution in [0.5, 0.6) is 0 Å². The SMILES string of the molecule is O=[N+]([O-])NC1=NC(O)C=NN1. The second-order valence-corrected chi connectivity index (χ2v) is 1.65. The highest BCUT2D eigenvalue weighted by Gasteiger charge is 2.10. The zero-order valence-electron chi connectivity index (χ0n) is 5.26. The number of aliphatic imine (C=N–C) groups is 1. The summed E-state index contributed by atoms with van der Waals surface area (Å²) in [5.41, 5.74) is 3.89. The molecule has 1 heterocycles. The lowest BCUT2D eigenvalue weighted by Gasteiger charge is -2.07. The molecule has 0 aromatic carbocycles. The first-order valence-corrected chi connectivity index (χ1v) is 2.64. The Labute approximate surface area is 60.7 Å². The van der Waals surface area contributed by atoms with E-state index in [-0.39, 0.29) is 5.96 Å². The molecule has 1 aliphatic rings. The van der Waals surface area contributed by atoms with Crippen LogP contribution in [0.4, 0.5) is 0 Å². The summed E-state index contributed by atoms with van der Waals surface area (Å²) in [6.07, 6.45) is -0.0239. The van der Waals surface area contributed by atoms with Crippen LogP contribution in [0.2, 0.25) is 0 Å². The average Bonchev–Trinajstić information content (AvgIpc) is 1.85. The minimum Gasteiger partial charge on any atom is -0.367 e. The van der Waals surface area contributed by atoms with E-state index in [0.717, 1.165) is 6.21 Å². The van der Waals surface area contributed by atoms with Crippen LogP contribution < -0.4 is 10.9 Å². The van der Waals surface area contributed by atoms with Crippen molar-refractivity contribution >= 4 is 12.2 Å². The van der Waals surface area contributed by atoms with Crippen molar-refractivity contribution in [2.75, 3.05) is 0 Å². The third-order valence-corrected chi connectivity index (χ3v) is 0.837. The van der Waals surface area contributed by atoms with E-state index < -0.39 is 11.3 Å². The van der Waals surface area contributed by atoms with Gasteiger partial charge in [-0.15, -0.1) is 0 Å². The van der Waals surface area contributed by atoms with Crippen molar-refractivity contribution in [1.82, 2.24) is 10.9 Å². The second-order valence-electron chi connectivity index (χ2n) is 1.65. The minimum atomic E-state index is -1.13. The van der Waals surface area contributed by atoms with Crippen molar-refractivity contribution in [2.45, 2.75) is 6.23 Å². The maximum absolute atomic E-state index is 9.81. The summed E-state index contributed by atoms with van der Waals surface area (Å²) in [5.74, 6) is -0.190. The van der Waals surface area contributed by atoms with Gasteiger partial charge in [-0.25, -0.2) is 20.5 Å². The van der Waals surface area contributed by atoms with Crippen LogP contribution in [-0.2, 0) is 0 Å². The lowest BCUT2D eigenvalue weighted by Crippen LogP contribution is -2.41. The molecule has 3 N–H and O–H groups in total. The molecule has 8 heteroatoms. The Bertz CT molecular complexity index is 223. The first kappa shape index (κ1) is 7.41. The van der Waals surface area contributed by atoms with Gasteiger partial charge >= 0.3 is 0 Å². The van der Waals surface area contributed by atoms with Crippen LogP contribution >= 0.6 is 0 Å². The maximum Gasteiger partial charge on any atom is 0.277 e. The summed E-state index contributed by atoms with van der Waals surface area (Å²) in [6, 6.07) is 0. The Morgan fingerprint density at radius 1 is 1.91 bits per heavy atom. The summed E-state index contributed by atoms with van der Waals surface area (Å²) in [6.45, 7) is 0. The number of aliphatic hydroxyl groups is 1. The number of nitrogens with zero attached hydrogens (tertiary/aromatic N) is 3. The molecule has 0 amide bonds. The molecule has 1 atom stereocenters. The monoisotopic (exact) mass is 159 g/mol. The molecule has 8 nitrogen and oxygen atoms in total. The molecular weight excluding hydrogens is 154 g/mol. The molecule has 1 rings (SSSR count). The van der Waals surface area contributed by atoms with Gasteiger partial charge in [0.1, 0.15) is 0 Å². The highest BCUT2D eigenvalue weighted by molar-refractivity contribution is 5.83. The first-order valence-electron chi connectivity index (χ1n) is 2.64. The Kier molecular flexibility index (Phi) is 1.97. The zero-order chi connectivity index (χ0) is 8.27. The molecular formula is C3H5N5O3. The van der Waals surface area contributed by atoms with Gasteiger partial charge in [0.2, 0.25) is 0 Å². The van der Waals surface area contributed by atoms with E-state index in [2.05, 4.69) is 15.5 Å². The molecule has 0 saturated heterocycles. The van der Waals surface area contributed by atoms with E-state index in [9.17, 15) is 10.1 Å². The van der Waals surface area contributed by atoms with Crippen molar-refractivity contribution in [3.8, 4) is 0 Å². The fraction of sp³-hybridized carbons (Fsp3) is 0.333. The third-order valence-electron chi connectivity index (χ3n) is 0.837. The van der Waals surface area contributed by atoms with Crippen molar-refractivity contribution < 1.29 is 10.1 Å². The number of hydrazine groups is 1. The van der Waals surface area contributed by atoms with Crippen LogP contribution in [0.3, 0.4) is 0 Å². The fourth-order valence-electron chi connectivity index (χ4n) is 0.500. The van der Waals surface area contributed by atoms with E-state index in [1.165, 1.54) is 0 Å². The molecule has 0 spiro atoms. The number of hydrazone groups is 1. The molecule has 1 unspecified atom stereocenters. The number of guanidine groups is 1. The molecule has 0 radical (unpaired) electrons. The van der Waals surface area contributed by atoms with E-state index in [1.54, 1.807) is 5.43 Å². The Morgan fingerprint density at radius 2 is 2.64 bits per heavy atom. The topological polar surface area (TPSA) is 112 Å². The maximum atomic E-state index is 9.81. The van der Waals surface area contributed by atoms with Crippen molar-refractivity contribution in [3.05, 3.63) is 10.1 Å². The van der Waals surface area contributed by atoms with Crippen molar-refractivity contribution in [3.63, 3.8) is 0 Å². The molecule has 0 aromatic rings. The smallest absolute Gasteiger partial charge is 0.277 e. The molecule has 0 aliphatic carbocycles. The molecule has 1 aliphatic heterocycles. The van der Waals surface area contributed by atoms with Crippen LogP contribution in [0.15, 0.2) is 10.1 Å². The highest BCUT2D eigenvalue weighted by Crippen LogP contribution is 1.85. The number of hydrogen-bond acceptors (Lipinski definition) is 6. The highest BCUT2D eigenvalue weighted by atomic mass is 16.7. The van der Waals surface area contributed by atoms with Gasteiger partial charge in [-0.05, 0) is 0 Å². The minimum absolute atomic E-state index is 0.190. The molecule has 60 valence electrons. The van der Waals surface area contributed by atoms with Gasteiger partial charge in [0, 0.05) is 0 Å². The van der Waals surface area contributed by atoms with Crippen LogP contribution in [0.1, 0.15) is 0 Å². The summed E-state index contributed by atoms with van der Waals surface area (Å²) in [7, 11) is 0. The van der Waals surface area contributed by atoms with Gasteiger partial charge in [0.25, 0.3) is 5.96 Å². The van der Waals surface area contributed by atoms with Gasteiger partial charge in [-0.1, -0.05) is 5.43 Å². The van der Waals surface area contributed by atoms with Gasteiger partial charge < -0.3 is 5.11 Å². The third kappa shape index (κ3) is 2.18. The fourth-order valence-corrected chi connectivity index (χ4v) is 0.500. The average molecular weight is 159 g/mol. The standard InChI is InChI=1S/C3H5N5O3/c9-2-1-4-6-3(5-2)7-8(10)11/h1-2,9H,(H2,5,6,7). The Hall–Kier alpha value is -1.70. The number of nitrogens with one attached hydrogen (secondary N) is 2. The van der Waals surface area contributed by atoms with E-state index in [4.69, 9.17) is 5.11 Å². The van der Waals surface area contributed by atoms with Gasteiger partial charge in [-0.3, -0.25) is 0 Å². The molecule has 0 saturated carbocycles. The van der Waals surface area contributed by atoms with Crippen molar-refractivity contribution in [2.24, 2.45) is 10.1 Å². The summed E-state index contributed by atoms with van der Waals surface area (Å²) in [5, 5.41) is 21.1. The van der Waals surface area contributed by atoms with E-state index in [0.29, 0.717) is 0 Å². The second kappa shape index (κ2) is 2.92. The van der Waals surface area contributed by atoms with Crippen LogP contribution in [0.25, 0.3) is 0 Å². The number of nitro groups is 1. The molecule has 11 heavy (non-hydrogen) atoms. The van der Waals surface area contributed by atoms with Crippen LogP contribution in [0, 0.1) is 10.1 Å². The molecule has 0 aromatic heterocycles. The first-order chi connectivity index (χ1) is 5.18. The van der Waals surface area contributed by atoms with Gasteiger partial charge in [-0.2, -0.15) is 5.10 Å². The predicted molar refractivity (Wildman–Crippen MR) is 35.2 cm³/mol. The Balaban J connectivity index is 2.53. The van der Waals surface area contributed by atoms with E-state index in [1.807, 2.05) is 0 Å². The number of hydrogen-bond donors (Lipinski definition) is 3. The molecule has 0 fully saturated rings. The van der Waals surface area contributed by atoms with Gasteiger partial charge in [0.15, 0.2) is 11.3 Å². The number of aliphatic hydroxyl groups excluding tert-OH is 1. The predicted octanol–water partition coefficient (Wildman–Crippen LogP) is -1.97. The summed E-state index contributed by atoms with van der Waals surface area (Å²) >= 11 is 0. The molecule has 0 bridgehead atoms. The quantitative estimate of drug-likeness (QED) is 0.303. The lowest BCUT2D eigenvalue weighted by atomic mass is 10.6. The lowest BCUT2D eigenvalue weighted by molar-refractivity contribution is -0.525.